The molecule has 2 aromatic rings. The van der Waals surface area contributed by atoms with Gasteiger partial charge in [-0.1, -0.05) is 30.3 Å². The van der Waals surface area contributed by atoms with E-state index in [-0.39, 0.29) is 56.9 Å². The molecule has 1 aromatic heterocycles. The van der Waals surface area contributed by atoms with Crippen LogP contribution in [0.3, 0.4) is 0 Å². The van der Waals surface area contributed by atoms with Crippen molar-refractivity contribution in [3.8, 4) is 11.4 Å². The number of morpholine rings is 1. The van der Waals surface area contributed by atoms with Gasteiger partial charge in [0.15, 0.2) is 5.82 Å². The van der Waals surface area contributed by atoms with Gasteiger partial charge < -0.3 is 19.5 Å². The van der Waals surface area contributed by atoms with Crippen molar-refractivity contribution in [3.05, 3.63) is 41.6 Å². The van der Waals surface area contributed by atoms with E-state index in [2.05, 4.69) is 9.97 Å². The van der Waals surface area contributed by atoms with Crippen LogP contribution in [0.1, 0.15) is 16.1 Å². The van der Waals surface area contributed by atoms with Crippen LogP contribution in [0.4, 0.5) is 5.82 Å². The molecule has 0 amide bonds. The first-order valence-corrected chi connectivity index (χ1v) is 7.15. The molecule has 0 radical (unpaired) electrons. The summed E-state index contributed by atoms with van der Waals surface area (Å²) in [5.41, 5.74) is 1.32. The molecule has 0 bridgehead atoms. The van der Waals surface area contributed by atoms with Gasteiger partial charge in [-0.3, -0.25) is 0 Å². The number of nitrogens with zero attached hydrogens (tertiary/aromatic N) is 3. The zero-order valence-corrected chi connectivity index (χ0v) is 16.4. The number of ether oxygens (including phenoxy) is 1. The van der Waals surface area contributed by atoms with Gasteiger partial charge in [0.25, 0.3) is 0 Å². The number of aromatic nitrogens is 2. The van der Waals surface area contributed by atoms with E-state index in [1.165, 1.54) is 0 Å². The molecule has 0 saturated carbocycles. The van der Waals surface area contributed by atoms with Gasteiger partial charge in [0.2, 0.25) is 0 Å². The van der Waals surface area contributed by atoms with Gasteiger partial charge in [-0.15, -0.1) is 0 Å². The number of rotatable bonds is 3. The van der Waals surface area contributed by atoms with Crippen molar-refractivity contribution in [2.45, 2.75) is 6.92 Å². The van der Waals surface area contributed by atoms with Crippen LogP contribution in [-0.2, 0) is 4.74 Å². The molecule has 0 atom stereocenters. The Morgan fingerprint density at radius 3 is 2.43 bits per heavy atom. The molecule has 1 aliphatic rings. The van der Waals surface area contributed by atoms with Crippen molar-refractivity contribution in [2.24, 2.45) is 0 Å². The number of aryl methyl sites for hydroxylation is 1. The largest absolute Gasteiger partial charge is 1.00 e. The molecule has 2 heterocycles. The SMILES string of the molecule is Cc1nc(-c2ccccc2)nc(N2CCOCC2)c1C(=O)[O-].[K+]. The Bertz CT molecular complexity index is 688. The first-order chi connectivity index (χ1) is 10.7. The molecule has 1 saturated heterocycles. The Balaban J connectivity index is 0.00000192. The Labute approximate surface area is 177 Å². The molecule has 7 heteroatoms. The molecule has 114 valence electrons. The second-order valence-electron chi connectivity index (χ2n) is 5.08. The zero-order valence-electron chi connectivity index (χ0n) is 13.3. The molecule has 0 aliphatic carbocycles. The Morgan fingerprint density at radius 1 is 1.17 bits per heavy atom. The maximum atomic E-state index is 11.5. The predicted octanol–water partition coefficient (Wildman–Crippen LogP) is -2.34. The number of hydrogen-bond acceptors (Lipinski definition) is 6. The van der Waals surface area contributed by atoms with Crippen molar-refractivity contribution >= 4 is 11.8 Å². The van der Waals surface area contributed by atoms with Crippen molar-refractivity contribution in [2.75, 3.05) is 31.2 Å². The molecule has 3 rings (SSSR count). The van der Waals surface area contributed by atoms with Crippen LogP contribution in [0.15, 0.2) is 30.3 Å². The van der Waals surface area contributed by atoms with E-state index in [0.717, 1.165) is 5.56 Å². The van der Waals surface area contributed by atoms with E-state index >= 15 is 0 Å². The number of carbonyl (C=O) groups excluding carboxylic acids is 1. The Morgan fingerprint density at radius 2 is 1.83 bits per heavy atom. The van der Waals surface area contributed by atoms with Crippen LogP contribution < -0.4 is 61.4 Å². The van der Waals surface area contributed by atoms with E-state index in [9.17, 15) is 9.90 Å². The van der Waals surface area contributed by atoms with E-state index in [1.807, 2.05) is 35.2 Å². The molecular formula is C16H16KN3O3. The maximum Gasteiger partial charge on any atom is 1.00 e. The number of carbonyl (C=O) groups is 1. The monoisotopic (exact) mass is 337 g/mol. The molecule has 0 N–H and O–H groups in total. The average Bonchev–Trinajstić information content (AvgIpc) is 2.55. The van der Waals surface area contributed by atoms with Crippen molar-refractivity contribution in [1.82, 2.24) is 9.97 Å². The second kappa shape index (κ2) is 8.32. The van der Waals surface area contributed by atoms with Gasteiger partial charge >= 0.3 is 51.4 Å². The minimum atomic E-state index is -1.25. The molecule has 1 fully saturated rings. The third kappa shape index (κ3) is 4.17. The summed E-state index contributed by atoms with van der Waals surface area (Å²) >= 11 is 0. The predicted molar refractivity (Wildman–Crippen MR) is 79.6 cm³/mol. The first kappa shape index (κ1) is 18.5. The number of carboxylic acid groups (broad SMARTS) is 1. The van der Waals surface area contributed by atoms with Crippen LogP contribution in [0.25, 0.3) is 11.4 Å². The molecular weight excluding hydrogens is 321 g/mol. The van der Waals surface area contributed by atoms with Gasteiger partial charge in [-0.05, 0) is 6.92 Å². The smallest absolute Gasteiger partial charge is 0.545 e. The van der Waals surface area contributed by atoms with Crippen molar-refractivity contribution in [3.63, 3.8) is 0 Å². The summed E-state index contributed by atoms with van der Waals surface area (Å²) in [5.74, 6) is -0.321. The molecule has 6 nitrogen and oxygen atoms in total. The fourth-order valence-corrected chi connectivity index (χ4v) is 2.52. The van der Waals surface area contributed by atoms with Crippen molar-refractivity contribution in [1.29, 1.82) is 0 Å². The Hall–Kier alpha value is -0.834. The van der Waals surface area contributed by atoms with Gasteiger partial charge in [-0.2, -0.15) is 0 Å². The standard InChI is InChI=1S/C16H17N3O3.K/c1-11-13(16(20)21)15(19-7-9-22-10-8-19)18-14(17-11)12-5-3-2-4-6-12;/h2-6H,7-10H2,1H3,(H,20,21);/q;+1/p-1. The normalized spacial score (nSPS) is 14.2. The molecule has 1 aliphatic heterocycles. The second-order valence-corrected chi connectivity index (χ2v) is 5.08. The molecule has 1 aromatic carbocycles. The van der Waals surface area contributed by atoms with Gasteiger partial charge in [-0.25, -0.2) is 9.97 Å². The van der Waals surface area contributed by atoms with Crippen LogP contribution in [0, 0.1) is 6.92 Å². The summed E-state index contributed by atoms with van der Waals surface area (Å²) in [6, 6.07) is 9.51. The fraction of sp³-hybridized carbons (Fsp3) is 0.312. The average molecular weight is 337 g/mol. The van der Waals surface area contributed by atoms with Crippen LogP contribution in [-0.4, -0.2) is 42.2 Å². The zero-order chi connectivity index (χ0) is 15.5. The summed E-state index contributed by atoms with van der Waals surface area (Å²) in [5, 5.41) is 11.5. The van der Waals surface area contributed by atoms with Crippen LogP contribution in [0.2, 0.25) is 0 Å². The van der Waals surface area contributed by atoms with Gasteiger partial charge in [0.1, 0.15) is 5.82 Å². The summed E-state index contributed by atoms with van der Waals surface area (Å²) in [7, 11) is 0. The van der Waals surface area contributed by atoms with Crippen LogP contribution >= 0.6 is 0 Å². The number of aromatic carboxylic acids is 1. The summed E-state index contributed by atoms with van der Waals surface area (Å²) in [6.07, 6.45) is 0. The van der Waals surface area contributed by atoms with E-state index < -0.39 is 5.97 Å². The minimum Gasteiger partial charge on any atom is -0.545 e. The number of anilines is 1. The third-order valence-corrected chi connectivity index (χ3v) is 3.62. The topological polar surface area (TPSA) is 78.4 Å². The minimum absolute atomic E-state index is 0. The summed E-state index contributed by atoms with van der Waals surface area (Å²) < 4.78 is 5.32. The third-order valence-electron chi connectivity index (χ3n) is 3.62. The maximum absolute atomic E-state index is 11.5. The fourth-order valence-electron chi connectivity index (χ4n) is 2.52. The quantitative estimate of drug-likeness (QED) is 0.584. The summed E-state index contributed by atoms with van der Waals surface area (Å²) in [6.45, 7) is 3.98. The number of benzene rings is 1. The Kier molecular flexibility index (Phi) is 6.69. The molecule has 0 spiro atoms. The van der Waals surface area contributed by atoms with Crippen molar-refractivity contribution < 1.29 is 66.0 Å². The van der Waals surface area contributed by atoms with Crippen LogP contribution in [0.5, 0.6) is 0 Å². The molecule has 0 unspecified atom stereocenters. The van der Waals surface area contributed by atoms with Gasteiger partial charge in [0.05, 0.1) is 30.4 Å². The number of carboxylic acids is 1. The molecule has 23 heavy (non-hydrogen) atoms. The first-order valence-electron chi connectivity index (χ1n) is 7.15. The van der Waals surface area contributed by atoms with E-state index in [4.69, 9.17) is 4.74 Å². The van der Waals surface area contributed by atoms with E-state index in [0.29, 0.717) is 43.6 Å². The van der Waals surface area contributed by atoms with Gasteiger partial charge in [0, 0.05) is 18.7 Å². The summed E-state index contributed by atoms with van der Waals surface area (Å²) in [4.78, 5) is 22.2. The number of hydrogen-bond donors (Lipinski definition) is 0. The van der Waals surface area contributed by atoms with E-state index in [1.54, 1.807) is 6.92 Å².